The maximum absolute atomic E-state index is 12.9. The van der Waals surface area contributed by atoms with Crippen LogP contribution in [-0.2, 0) is 17.1 Å². The quantitative estimate of drug-likeness (QED) is 0.454. The number of aryl methyl sites for hydroxylation is 1. The fourth-order valence-electron chi connectivity index (χ4n) is 3.48. The first-order valence-electron chi connectivity index (χ1n) is 10.7. The predicted octanol–water partition coefficient (Wildman–Crippen LogP) is 3.81. The molecular weight excluding hydrogens is 462 g/mol. The summed E-state index contributed by atoms with van der Waals surface area (Å²) >= 11 is 1.36. The Balaban J connectivity index is 1.93. The molecule has 0 fully saturated rings. The van der Waals surface area contributed by atoms with E-state index in [4.69, 9.17) is 9.47 Å². The Kier molecular flexibility index (Phi) is 7.93. The molecule has 0 unspecified atom stereocenters. The summed E-state index contributed by atoms with van der Waals surface area (Å²) in [5, 5.41) is 0. The van der Waals surface area contributed by atoms with Gasteiger partial charge in [-0.05, 0) is 37.1 Å². The Bertz CT molecular complexity index is 1300. The molecule has 1 aromatic heterocycles. The van der Waals surface area contributed by atoms with Gasteiger partial charge in [-0.1, -0.05) is 25.2 Å². The smallest absolute Gasteiger partial charge is 0.279 e. The molecule has 0 saturated heterocycles. The molecule has 0 aliphatic carbocycles. The summed E-state index contributed by atoms with van der Waals surface area (Å²) in [5.41, 5.74) is 1.18. The highest BCUT2D eigenvalue weighted by molar-refractivity contribution is 7.89. The van der Waals surface area contributed by atoms with E-state index in [0.29, 0.717) is 35.0 Å². The number of nitrogens with zero attached hydrogens (tertiary/aromatic N) is 3. The van der Waals surface area contributed by atoms with E-state index in [1.165, 1.54) is 39.9 Å². The van der Waals surface area contributed by atoms with Crippen LogP contribution in [0.15, 0.2) is 46.3 Å². The van der Waals surface area contributed by atoms with E-state index in [2.05, 4.69) is 4.99 Å². The molecule has 1 heterocycles. The molecule has 10 heteroatoms. The van der Waals surface area contributed by atoms with Gasteiger partial charge < -0.3 is 14.0 Å². The van der Waals surface area contributed by atoms with E-state index in [0.717, 1.165) is 23.1 Å². The monoisotopic (exact) mass is 491 g/mol. The average Bonchev–Trinajstić information content (AvgIpc) is 3.12. The predicted molar refractivity (Wildman–Crippen MR) is 130 cm³/mol. The molecule has 3 rings (SSSR count). The minimum absolute atomic E-state index is 0.174. The Labute approximate surface area is 198 Å². The third-order valence-electron chi connectivity index (χ3n) is 5.20. The maximum atomic E-state index is 12.9. The summed E-state index contributed by atoms with van der Waals surface area (Å²) < 4.78 is 40.8. The molecule has 1 amide bonds. The minimum atomic E-state index is -3.60. The molecule has 0 saturated carbocycles. The molecule has 0 bridgehead atoms. The first-order chi connectivity index (χ1) is 15.8. The molecule has 2 aromatic carbocycles. The lowest BCUT2D eigenvalue weighted by Crippen LogP contribution is -2.32. The van der Waals surface area contributed by atoms with E-state index in [9.17, 15) is 13.2 Å². The van der Waals surface area contributed by atoms with Crippen molar-refractivity contribution in [1.29, 1.82) is 0 Å². The lowest BCUT2D eigenvalue weighted by Gasteiger charge is -2.21. The number of carbonyl (C=O) groups excluding carboxylic acids is 1. The first-order valence-corrected chi connectivity index (χ1v) is 12.9. The van der Waals surface area contributed by atoms with Gasteiger partial charge in [-0.15, -0.1) is 0 Å². The van der Waals surface area contributed by atoms with Crippen LogP contribution in [0.4, 0.5) is 0 Å². The first kappa shape index (κ1) is 24.9. The van der Waals surface area contributed by atoms with Crippen LogP contribution in [0.5, 0.6) is 11.5 Å². The summed E-state index contributed by atoms with van der Waals surface area (Å²) in [4.78, 5) is 17.8. The second-order valence-electron chi connectivity index (χ2n) is 7.46. The highest BCUT2D eigenvalue weighted by Crippen LogP contribution is 2.33. The Morgan fingerprint density at radius 2 is 1.61 bits per heavy atom. The lowest BCUT2D eigenvalue weighted by atomic mass is 10.2. The molecule has 33 heavy (non-hydrogen) atoms. The van der Waals surface area contributed by atoms with Gasteiger partial charge in [-0.2, -0.15) is 9.30 Å². The van der Waals surface area contributed by atoms with Crippen molar-refractivity contribution in [2.45, 2.75) is 31.6 Å². The van der Waals surface area contributed by atoms with Crippen molar-refractivity contribution in [1.82, 2.24) is 8.87 Å². The van der Waals surface area contributed by atoms with Crippen molar-refractivity contribution in [3.8, 4) is 11.5 Å². The van der Waals surface area contributed by atoms with Crippen LogP contribution < -0.4 is 14.3 Å². The number of ether oxygens (including phenoxy) is 2. The number of aromatic nitrogens is 1. The molecule has 0 N–H and O–H groups in total. The van der Waals surface area contributed by atoms with Gasteiger partial charge in [0.2, 0.25) is 10.0 Å². The fraction of sp³-hybridized carbons (Fsp3) is 0.391. The number of amides is 1. The number of benzene rings is 2. The molecule has 8 nitrogen and oxygen atoms in total. The maximum Gasteiger partial charge on any atom is 0.279 e. The Morgan fingerprint density at radius 1 is 1.03 bits per heavy atom. The second kappa shape index (κ2) is 10.5. The number of rotatable bonds is 9. The largest absolute Gasteiger partial charge is 0.493 e. The lowest BCUT2D eigenvalue weighted by molar-refractivity contribution is 0.0998. The van der Waals surface area contributed by atoms with Crippen LogP contribution in [0.2, 0.25) is 0 Å². The molecule has 0 atom stereocenters. The number of hydrogen-bond donors (Lipinski definition) is 0. The van der Waals surface area contributed by atoms with Gasteiger partial charge in [-0.3, -0.25) is 4.79 Å². The SMILES string of the molecule is CCCN(CCC)S(=O)(=O)c1ccc(C(=O)N=c2sc3cc(OC)c(OC)cc3n2C)cc1. The normalized spacial score (nSPS) is 12.5. The van der Waals surface area contributed by atoms with Crippen molar-refractivity contribution in [3.63, 3.8) is 0 Å². The zero-order valence-corrected chi connectivity index (χ0v) is 21.1. The van der Waals surface area contributed by atoms with Crippen LogP contribution >= 0.6 is 11.3 Å². The Hall–Kier alpha value is -2.69. The van der Waals surface area contributed by atoms with Crippen LogP contribution in [0.25, 0.3) is 10.2 Å². The standard InChI is InChI=1S/C23H29N3O5S2/c1-6-12-26(13-7-2)33(28,29)17-10-8-16(9-11-17)22(27)24-23-25(3)18-14-19(30-4)20(31-5)15-21(18)32-23/h8-11,14-15H,6-7,12-13H2,1-5H3. The summed E-state index contributed by atoms with van der Waals surface area (Å²) in [6, 6.07) is 9.64. The van der Waals surface area contributed by atoms with E-state index >= 15 is 0 Å². The summed E-state index contributed by atoms with van der Waals surface area (Å²) in [5.74, 6) is 0.744. The molecule has 0 radical (unpaired) electrons. The topological polar surface area (TPSA) is 90.2 Å². The van der Waals surface area contributed by atoms with Crippen LogP contribution in [-0.4, -0.2) is 50.5 Å². The summed E-state index contributed by atoms with van der Waals surface area (Å²) in [6.07, 6.45) is 1.47. The van der Waals surface area contributed by atoms with E-state index in [-0.39, 0.29) is 4.90 Å². The van der Waals surface area contributed by atoms with E-state index in [1.54, 1.807) is 14.2 Å². The molecule has 3 aromatic rings. The van der Waals surface area contributed by atoms with Gasteiger partial charge in [0.25, 0.3) is 5.91 Å². The third-order valence-corrected chi connectivity index (χ3v) is 8.20. The van der Waals surface area contributed by atoms with Gasteiger partial charge in [0.1, 0.15) is 0 Å². The van der Waals surface area contributed by atoms with Crippen molar-refractivity contribution in [2.24, 2.45) is 12.0 Å². The second-order valence-corrected chi connectivity index (χ2v) is 10.4. The zero-order chi connectivity index (χ0) is 24.2. The number of sulfonamides is 1. The molecule has 178 valence electrons. The zero-order valence-electron chi connectivity index (χ0n) is 19.5. The van der Waals surface area contributed by atoms with Gasteiger partial charge in [-0.25, -0.2) is 8.42 Å². The van der Waals surface area contributed by atoms with Crippen LogP contribution in [0.3, 0.4) is 0 Å². The van der Waals surface area contributed by atoms with Gasteiger partial charge in [0.05, 0.1) is 29.3 Å². The molecule has 0 aliphatic heterocycles. The van der Waals surface area contributed by atoms with Gasteiger partial charge >= 0.3 is 0 Å². The molecule has 0 aliphatic rings. The summed E-state index contributed by atoms with van der Waals surface area (Å²) in [7, 11) is 1.36. The van der Waals surface area contributed by atoms with Gasteiger partial charge in [0, 0.05) is 37.8 Å². The summed E-state index contributed by atoms with van der Waals surface area (Å²) in [6.45, 7) is 4.82. The molecular formula is C23H29N3O5S2. The number of methoxy groups -OCH3 is 2. The van der Waals surface area contributed by atoms with E-state index in [1.807, 2.05) is 37.6 Å². The fourth-order valence-corrected chi connectivity index (χ4v) is 6.13. The average molecular weight is 492 g/mol. The number of fused-ring (bicyclic) bond motifs is 1. The van der Waals surface area contributed by atoms with Gasteiger partial charge in [0.15, 0.2) is 16.3 Å². The van der Waals surface area contributed by atoms with Crippen molar-refractivity contribution in [2.75, 3.05) is 27.3 Å². The van der Waals surface area contributed by atoms with Crippen molar-refractivity contribution in [3.05, 3.63) is 46.8 Å². The molecule has 0 spiro atoms. The van der Waals surface area contributed by atoms with Crippen molar-refractivity contribution < 1.29 is 22.7 Å². The third kappa shape index (κ3) is 5.13. The highest BCUT2D eigenvalue weighted by atomic mass is 32.2. The van der Waals surface area contributed by atoms with Crippen LogP contribution in [0, 0.1) is 0 Å². The van der Waals surface area contributed by atoms with E-state index < -0.39 is 15.9 Å². The minimum Gasteiger partial charge on any atom is -0.493 e. The highest BCUT2D eigenvalue weighted by Gasteiger charge is 2.23. The number of thiazole rings is 1. The Morgan fingerprint density at radius 3 is 2.15 bits per heavy atom. The number of carbonyl (C=O) groups is 1. The number of hydrogen-bond acceptors (Lipinski definition) is 6. The van der Waals surface area contributed by atoms with Crippen molar-refractivity contribution >= 4 is 37.5 Å². The van der Waals surface area contributed by atoms with Crippen LogP contribution in [0.1, 0.15) is 37.0 Å².